The Morgan fingerprint density at radius 3 is 2.59 bits per heavy atom. The number of halogens is 1. The van der Waals surface area contributed by atoms with Crippen LogP contribution >= 0.6 is 11.6 Å². The van der Waals surface area contributed by atoms with Crippen molar-refractivity contribution >= 4 is 29.2 Å². The molecular weight excluding hydrogens is 242 g/mol. The second-order valence-electron chi connectivity index (χ2n) is 3.99. The molecule has 0 aromatic heterocycles. The molecule has 1 N–H and O–H groups in total. The Bertz CT molecular complexity index is 444. The Balaban J connectivity index is 2.34. The number of hydrogen-bond acceptors (Lipinski definition) is 2. The molecular formula is C12H12ClNO3. The van der Waals surface area contributed by atoms with E-state index in [0.29, 0.717) is 30.0 Å². The maximum absolute atomic E-state index is 11.8. The van der Waals surface area contributed by atoms with Gasteiger partial charge >= 0.3 is 5.97 Å². The van der Waals surface area contributed by atoms with E-state index in [-0.39, 0.29) is 5.91 Å². The summed E-state index contributed by atoms with van der Waals surface area (Å²) in [6.07, 6.45) is 1.51. The van der Waals surface area contributed by atoms with Crippen LogP contribution in [0.15, 0.2) is 24.3 Å². The van der Waals surface area contributed by atoms with E-state index in [4.69, 9.17) is 16.7 Å². The molecule has 90 valence electrons. The maximum Gasteiger partial charge on any atom is 0.326 e. The highest BCUT2D eigenvalue weighted by atomic mass is 35.5. The van der Waals surface area contributed by atoms with Gasteiger partial charge in [-0.1, -0.05) is 11.6 Å². The van der Waals surface area contributed by atoms with Crippen molar-refractivity contribution in [2.45, 2.75) is 25.3 Å². The average molecular weight is 254 g/mol. The van der Waals surface area contributed by atoms with E-state index in [1.165, 1.54) is 4.90 Å². The minimum Gasteiger partial charge on any atom is -0.480 e. The number of carbonyl (C=O) groups excluding carboxylic acids is 1. The smallest absolute Gasteiger partial charge is 0.326 e. The van der Waals surface area contributed by atoms with Gasteiger partial charge in [-0.3, -0.25) is 9.69 Å². The first-order chi connectivity index (χ1) is 8.09. The second-order valence-corrected chi connectivity index (χ2v) is 4.42. The van der Waals surface area contributed by atoms with Gasteiger partial charge < -0.3 is 5.11 Å². The van der Waals surface area contributed by atoms with Crippen molar-refractivity contribution in [3.8, 4) is 0 Å². The number of carbonyl (C=O) groups is 2. The zero-order chi connectivity index (χ0) is 12.4. The number of carboxylic acid groups (broad SMARTS) is 1. The highest BCUT2D eigenvalue weighted by Gasteiger charge is 2.33. The van der Waals surface area contributed by atoms with Crippen LogP contribution in [0.4, 0.5) is 5.69 Å². The lowest BCUT2D eigenvalue weighted by molar-refractivity contribution is -0.141. The van der Waals surface area contributed by atoms with Crippen LogP contribution in [0, 0.1) is 0 Å². The molecule has 1 saturated heterocycles. The van der Waals surface area contributed by atoms with Crippen molar-refractivity contribution in [1.29, 1.82) is 0 Å². The van der Waals surface area contributed by atoms with Gasteiger partial charge in [-0.2, -0.15) is 0 Å². The molecule has 17 heavy (non-hydrogen) atoms. The molecule has 0 saturated carbocycles. The lowest BCUT2D eigenvalue weighted by atomic mass is 10.0. The minimum atomic E-state index is -0.965. The van der Waals surface area contributed by atoms with Crippen LogP contribution in [0.1, 0.15) is 19.3 Å². The Kier molecular flexibility index (Phi) is 3.33. The summed E-state index contributed by atoms with van der Waals surface area (Å²) in [5.74, 6) is -1.11. The molecule has 0 radical (unpaired) electrons. The summed E-state index contributed by atoms with van der Waals surface area (Å²) in [6, 6.07) is 5.87. The van der Waals surface area contributed by atoms with Crippen LogP contribution < -0.4 is 4.90 Å². The summed E-state index contributed by atoms with van der Waals surface area (Å²) in [6.45, 7) is 0. The number of amides is 1. The summed E-state index contributed by atoms with van der Waals surface area (Å²) in [5.41, 5.74) is 0.589. The number of benzene rings is 1. The lowest BCUT2D eigenvalue weighted by Crippen LogP contribution is -2.48. The largest absolute Gasteiger partial charge is 0.480 e. The molecule has 1 heterocycles. The molecule has 0 spiro atoms. The minimum absolute atomic E-state index is 0.147. The van der Waals surface area contributed by atoms with E-state index >= 15 is 0 Å². The van der Waals surface area contributed by atoms with E-state index in [0.717, 1.165) is 0 Å². The SMILES string of the molecule is O=C(O)[C@@H]1CCCC(=O)N1c1ccc(Cl)cc1. The van der Waals surface area contributed by atoms with Crippen molar-refractivity contribution < 1.29 is 14.7 Å². The third-order valence-corrected chi connectivity index (χ3v) is 3.09. The van der Waals surface area contributed by atoms with E-state index in [9.17, 15) is 9.59 Å². The van der Waals surface area contributed by atoms with Gasteiger partial charge in [0.05, 0.1) is 0 Å². The molecule has 1 atom stereocenters. The zero-order valence-electron chi connectivity index (χ0n) is 9.10. The third kappa shape index (κ3) is 2.42. The number of rotatable bonds is 2. The second kappa shape index (κ2) is 4.75. The third-order valence-electron chi connectivity index (χ3n) is 2.84. The first-order valence-electron chi connectivity index (χ1n) is 5.40. The van der Waals surface area contributed by atoms with Crippen LogP contribution in [-0.2, 0) is 9.59 Å². The molecule has 1 aliphatic rings. The van der Waals surface area contributed by atoms with Gasteiger partial charge in [0.1, 0.15) is 6.04 Å². The Hall–Kier alpha value is -1.55. The molecule has 1 aromatic rings. The van der Waals surface area contributed by atoms with Crippen LogP contribution in [-0.4, -0.2) is 23.0 Å². The van der Waals surface area contributed by atoms with E-state index in [1.807, 2.05) is 0 Å². The first kappa shape index (κ1) is 11.9. The number of carboxylic acids is 1. The van der Waals surface area contributed by atoms with Gasteiger partial charge in [0.25, 0.3) is 0 Å². The van der Waals surface area contributed by atoms with Gasteiger partial charge in [-0.15, -0.1) is 0 Å². The number of hydrogen-bond donors (Lipinski definition) is 1. The van der Waals surface area contributed by atoms with Gasteiger partial charge in [0, 0.05) is 17.1 Å². The van der Waals surface area contributed by atoms with Crippen LogP contribution in [0.3, 0.4) is 0 Å². The van der Waals surface area contributed by atoms with E-state index < -0.39 is 12.0 Å². The molecule has 1 amide bonds. The molecule has 5 heteroatoms. The summed E-state index contributed by atoms with van der Waals surface area (Å²) < 4.78 is 0. The number of piperidine rings is 1. The predicted octanol–water partition coefficient (Wildman–Crippen LogP) is 2.31. The van der Waals surface area contributed by atoms with Crippen molar-refractivity contribution in [2.75, 3.05) is 4.90 Å². The molecule has 0 bridgehead atoms. The number of aliphatic carboxylic acids is 1. The first-order valence-corrected chi connectivity index (χ1v) is 5.78. The van der Waals surface area contributed by atoms with Crippen molar-refractivity contribution in [1.82, 2.24) is 0 Å². The fourth-order valence-corrected chi connectivity index (χ4v) is 2.16. The summed E-state index contributed by atoms with van der Waals surface area (Å²) in [7, 11) is 0. The van der Waals surface area contributed by atoms with Crippen molar-refractivity contribution in [3.63, 3.8) is 0 Å². The average Bonchev–Trinajstić information content (AvgIpc) is 2.30. The van der Waals surface area contributed by atoms with Gasteiger partial charge in [0.15, 0.2) is 0 Å². The Morgan fingerprint density at radius 2 is 2.00 bits per heavy atom. The van der Waals surface area contributed by atoms with Gasteiger partial charge in [-0.25, -0.2) is 4.79 Å². The molecule has 1 fully saturated rings. The summed E-state index contributed by atoms with van der Waals surface area (Å²) in [5, 5.41) is 9.68. The van der Waals surface area contributed by atoms with Crippen molar-refractivity contribution in [3.05, 3.63) is 29.3 Å². The topological polar surface area (TPSA) is 57.6 Å². The van der Waals surface area contributed by atoms with Gasteiger partial charge in [0.2, 0.25) is 5.91 Å². The quantitative estimate of drug-likeness (QED) is 0.880. The summed E-state index contributed by atoms with van der Waals surface area (Å²) in [4.78, 5) is 24.3. The monoisotopic (exact) mass is 253 g/mol. The molecule has 2 rings (SSSR count). The zero-order valence-corrected chi connectivity index (χ0v) is 9.85. The van der Waals surface area contributed by atoms with Crippen LogP contribution in [0.2, 0.25) is 5.02 Å². The fourth-order valence-electron chi connectivity index (χ4n) is 2.03. The van der Waals surface area contributed by atoms with Crippen molar-refractivity contribution in [2.24, 2.45) is 0 Å². The maximum atomic E-state index is 11.8. The van der Waals surface area contributed by atoms with E-state index in [1.54, 1.807) is 24.3 Å². The highest BCUT2D eigenvalue weighted by molar-refractivity contribution is 6.30. The molecule has 4 nitrogen and oxygen atoms in total. The molecule has 0 unspecified atom stereocenters. The predicted molar refractivity (Wildman–Crippen MR) is 64.2 cm³/mol. The fraction of sp³-hybridized carbons (Fsp3) is 0.333. The molecule has 0 aliphatic carbocycles. The lowest BCUT2D eigenvalue weighted by Gasteiger charge is -2.32. The van der Waals surface area contributed by atoms with E-state index in [2.05, 4.69) is 0 Å². The number of anilines is 1. The van der Waals surface area contributed by atoms with Crippen LogP contribution in [0.5, 0.6) is 0 Å². The Labute approximate surface area is 104 Å². The highest BCUT2D eigenvalue weighted by Crippen LogP contribution is 2.27. The molecule has 1 aliphatic heterocycles. The van der Waals surface area contributed by atoms with Crippen LogP contribution in [0.25, 0.3) is 0 Å². The molecule has 1 aromatic carbocycles. The normalized spacial score (nSPS) is 20.4. The van der Waals surface area contributed by atoms with Gasteiger partial charge in [-0.05, 0) is 37.1 Å². The summed E-state index contributed by atoms with van der Waals surface area (Å²) >= 11 is 5.77. The number of nitrogens with zero attached hydrogens (tertiary/aromatic N) is 1. The Morgan fingerprint density at radius 1 is 1.35 bits per heavy atom. The standard InChI is InChI=1S/C12H12ClNO3/c13-8-4-6-9(7-5-8)14-10(12(16)17)2-1-3-11(14)15/h4-7,10H,1-3H2,(H,16,17)/t10-/m0/s1.